The fourth-order valence-corrected chi connectivity index (χ4v) is 3.58. The zero-order valence-corrected chi connectivity index (χ0v) is 16.1. The minimum Gasteiger partial charge on any atom is -0.376 e. The first kappa shape index (κ1) is 18.4. The fourth-order valence-electron chi connectivity index (χ4n) is 3.58. The Kier molecular flexibility index (Phi) is 5.00. The molecule has 7 heteroatoms. The molecule has 1 atom stereocenters. The molecule has 0 spiro atoms. The molecule has 0 aliphatic carbocycles. The number of carbonyl (C=O) groups is 2. The molecular formula is C21H24N4O3. The van der Waals surface area contributed by atoms with Crippen LogP contribution in [0.3, 0.4) is 0 Å². The van der Waals surface area contributed by atoms with E-state index in [9.17, 15) is 9.59 Å². The van der Waals surface area contributed by atoms with E-state index in [-0.39, 0.29) is 24.5 Å². The van der Waals surface area contributed by atoms with Crippen LogP contribution in [0.1, 0.15) is 34.3 Å². The molecule has 2 N–H and O–H groups in total. The molecule has 0 saturated carbocycles. The first-order chi connectivity index (χ1) is 13.5. The van der Waals surface area contributed by atoms with Crippen LogP contribution < -0.4 is 15.5 Å². The molecular weight excluding hydrogens is 356 g/mol. The van der Waals surface area contributed by atoms with Gasteiger partial charge in [0.2, 0.25) is 5.91 Å². The maximum Gasteiger partial charge on any atom is 0.257 e. The standard InChI is InChI=1S/C21H24N4O3/c1-13-5-3-7-17(14(13)2)24-21(27)15-9-18-20(22-10-15)23-11-19(26)25(18)12-16-6-4-8-28-16/h3,5,7,9-10,16H,4,6,8,11-12H2,1-2H3,(H,22,23)(H,24,27). The minimum absolute atomic E-state index is 0.0299. The second kappa shape index (κ2) is 7.59. The number of nitrogens with one attached hydrogen (secondary N) is 2. The summed E-state index contributed by atoms with van der Waals surface area (Å²) < 4.78 is 5.69. The fraction of sp³-hybridized carbons (Fsp3) is 0.381. The van der Waals surface area contributed by atoms with Crippen molar-refractivity contribution in [2.45, 2.75) is 32.8 Å². The normalized spacial score (nSPS) is 18.6. The number of hydrogen-bond acceptors (Lipinski definition) is 5. The number of benzene rings is 1. The number of carbonyl (C=O) groups excluding carboxylic acids is 2. The van der Waals surface area contributed by atoms with Crippen molar-refractivity contribution in [3.8, 4) is 0 Å². The van der Waals surface area contributed by atoms with Crippen molar-refractivity contribution in [1.29, 1.82) is 0 Å². The van der Waals surface area contributed by atoms with E-state index in [2.05, 4.69) is 15.6 Å². The Bertz CT molecular complexity index is 922. The summed E-state index contributed by atoms with van der Waals surface area (Å²) in [6.45, 7) is 5.39. The van der Waals surface area contributed by atoms with Crippen LogP contribution in [0.15, 0.2) is 30.5 Å². The van der Waals surface area contributed by atoms with Crippen molar-refractivity contribution in [2.24, 2.45) is 0 Å². The number of anilines is 3. The Morgan fingerprint density at radius 2 is 2.25 bits per heavy atom. The van der Waals surface area contributed by atoms with Gasteiger partial charge in [-0.2, -0.15) is 0 Å². The summed E-state index contributed by atoms with van der Waals surface area (Å²) in [6, 6.07) is 7.52. The molecule has 2 aromatic rings. The van der Waals surface area contributed by atoms with Crippen LogP contribution in [0.2, 0.25) is 0 Å². The van der Waals surface area contributed by atoms with E-state index in [4.69, 9.17) is 4.74 Å². The van der Waals surface area contributed by atoms with E-state index in [1.807, 2.05) is 32.0 Å². The van der Waals surface area contributed by atoms with E-state index >= 15 is 0 Å². The molecule has 3 heterocycles. The number of aromatic nitrogens is 1. The van der Waals surface area contributed by atoms with E-state index in [1.54, 1.807) is 11.0 Å². The first-order valence-electron chi connectivity index (χ1n) is 9.56. The Morgan fingerprint density at radius 1 is 1.39 bits per heavy atom. The lowest BCUT2D eigenvalue weighted by Gasteiger charge is -2.31. The largest absolute Gasteiger partial charge is 0.376 e. The second-order valence-electron chi connectivity index (χ2n) is 7.29. The van der Waals surface area contributed by atoms with Gasteiger partial charge in [0.1, 0.15) is 5.82 Å². The van der Waals surface area contributed by atoms with Gasteiger partial charge in [-0.1, -0.05) is 12.1 Å². The molecule has 1 saturated heterocycles. The van der Waals surface area contributed by atoms with Crippen molar-refractivity contribution in [1.82, 2.24) is 4.98 Å². The zero-order chi connectivity index (χ0) is 19.7. The highest BCUT2D eigenvalue weighted by Crippen LogP contribution is 2.30. The van der Waals surface area contributed by atoms with Gasteiger partial charge in [-0.15, -0.1) is 0 Å². The zero-order valence-electron chi connectivity index (χ0n) is 16.1. The summed E-state index contributed by atoms with van der Waals surface area (Å²) in [6.07, 6.45) is 3.51. The predicted octanol–water partition coefficient (Wildman–Crippen LogP) is 2.89. The smallest absolute Gasteiger partial charge is 0.257 e. The Balaban J connectivity index is 1.59. The summed E-state index contributed by atoms with van der Waals surface area (Å²) in [5.41, 5.74) is 3.94. The lowest BCUT2D eigenvalue weighted by Crippen LogP contribution is -2.44. The predicted molar refractivity (Wildman–Crippen MR) is 108 cm³/mol. The van der Waals surface area contributed by atoms with Gasteiger partial charge in [0.25, 0.3) is 5.91 Å². The number of rotatable bonds is 4. The lowest BCUT2D eigenvalue weighted by molar-refractivity contribution is -0.117. The number of fused-ring (bicyclic) bond motifs is 1. The third kappa shape index (κ3) is 3.57. The molecule has 2 aliphatic rings. The molecule has 1 aromatic carbocycles. The van der Waals surface area contributed by atoms with Gasteiger partial charge in [-0.05, 0) is 49.9 Å². The van der Waals surface area contributed by atoms with Gasteiger partial charge in [0.05, 0.1) is 30.4 Å². The molecule has 7 nitrogen and oxygen atoms in total. The average molecular weight is 380 g/mol. The molecule has 146 valence electrons. The van der Waals surface area contributed by atoms with Crippen LogP contribution >= 0.6 is 0 Å². The number of amides is 2. The van der Waals surface area contributed by atoms with Gasteiger partial charge in [-0.25, -0.2) is 4.98 Å². The summed E-state index contributed by atoms with van der Waals surface area (Å²) in [7, 11) is 0. The van der Waals surface area contributed by atoms with Crippen molar-refractivity contribution in [2.75, 3.05) is 35.2 Å². The minimum atomic E-state index is -0.251. The molecule has 0 radical (unpaired) electrons. The van der Waals surface area contributed by atoms with E-state index < -0.39 is 0 Å². The van der Waals surface area contributed by atoms with Crippen LogP contribution in [0.25, 0.3) is 0 Å². The highest BCUT2D eigenvalue weighted by Gasteiger charge is 2.29. The Hall–Kier alpha value is -2.93. The van der Waals surface area contributed by atoms with E-state index in [0.717, 1.165) is 36.3 Å². The number of nitrogens with zero attached hydrogens (tertiary/aromatic N) is 2. The summed E-state index contributed by atoms with van der Waals surface area (Å²) in [5.74, 6) is 0.317. The monoisotopic (exact) mass is 380 g/mol. The maximum absolute atomic E-state index is 12.8. The molecule has 2 aliphatic heterocycles. The van der Waals surface area contributed by atoms with Crippen molar-refractivity contribution < 1.29 is 14.3 Å². The number of ether oxygens (including phenoxy) is 1. The molecule has 0 bridgehead atoms. The van der Waals surface area contributed by atoms with Crippen LogP contribution in [-0.4, -0.2) is 42.6 Å². The first-order valence-corrected chi connectivity index (χ1v) is 9.56. The van der Waals surface area contributed by atoms with Crippen LogP contribution in [0.5, 0.6) is 0 Å². The maximum atomic E-state index is 12.8. The van der Waals surface area contributed by atoms with E-state index in [1.165, 1.54) is 6.20 Å². The molecule has 1 aromatic heterocycles. The van der Waals surface area contributed by atoms with E-state index in [0.29, 0.717) is 23.6 Å². The van der Waals surface area contributed by atoms with Crippen LogP contribution in [0, 0.1) is 13.8 Å². The van der Waals surface area contributed by atoms with Crippen molar-refractivity contribution in [3.63, 3.8) is 0 Å². The van der Waals surface area contributed by atoms with Gasteiger partial charge in [0.15, 0.2) is 0 Å². The SMILES string of the molecule is Cc1cccc(NC(=O)c2cnc3c(c2)N(CC2CCCO2)C(=O)CN3)c1C. The molecule has 2 amide bonds. The quantitative estimate of drug-likeness (QED) is 0.852. The third-order valence-electron chi connectivity index (χ3n) is 5.39. The summed E-state index contributed by atoms with van der Waals surface area (Å²) in [5, 5.41) is 5.97. The topological polar surface area (TPSA) is 83.6 Å². The average Bonchev–Trinajstić information content (AvgIpc) is 3.20. The highest BCUT2D eigenvalue weighted by molar-refractivity contribution is 6.07. The lowest BCUT2D eigenvalue weighted by atomic mass is 10.1. The number of aryl methyl sites for hydroxylation is 1. The molecule has 1 fully saturated rings. The Labute approximate surface area is 164 Å². The highest BCUT2D eigenvalue weighted by atomic mass is 16.5. The van der Waals surface area contributed by atoms with Gasteiger partial charge in [-0.3, -0.25) is 9.59 Å². The third-order valence-corrected chi connectivity index (χ3v) is 5.39. The summed E-state index contributed by atoms with van der Waals surface area (Å²) in [4.78, 5) is 31.3. The number of hydrogen-bond donors (Lipinski definition) is 2. The van der Waals surface area contributed by atoms with Gasteiger partial charge >= 0.3 is 0 Å². The molecule has 28 heavy (non-hydrogen) atoms. The second-order valence-corrected chi connectivity index (χ2v) is 7.29. The molecule has 4 rings (SSSR count). The molecule has 1 unspecified atom stereocenters. The van der Waals surface area contributed by atoms with Gasteiger partial charge < -0.3 is 20.3 Å². The Morgan fingerprint density at radius 3 is 3.04 bits per heavy atom. The van der Waals surface area contributed by atoms with Crippen LogP contribution in [0.4, 0.5) is 17.2 Å². The number of pyridine rings is 1. The van der Waals surface area contributed by atoms with Crippen molar-refractivity contribution in [3.05, 3.63) is 47.2 Å². The van der Waals surface area contributed by atoms with Crippen molar-refractivity contribution >= 4 is 29.0 Å². The van der Waals surface area contributed by atoms with Gasteiger partial charge in [0, 0.05) is 18.5 Å². The summed E-state index contributed by atoms with van der Waals surface area (Å²) >= 11 is 0. The van der Waals surface area contributed by atoms with Crippen LogP contribution in [-0.2, 0) is 9.53 Å².